The molecule has 0 spiro atoms. The third kappa shape index (κ3) is 3.08. The minimum atomic E-state index is -0.480. The first-order chi connectivity index (χ1) is 9.61. The van der Waals surface area contributed by atoms with Crippen LogP contribution in [0.2, 0.25) is 0 Å². The van der Waals surface area contributed by atoms with Crippen molar-refractivity contribution in [3.8, 4) is 0 Å². The Bertz CT molecular complexity index is 565. The first-order valence-corrected chi connectivity index (χ1v) is 7.38. The number of aliphatic hydroxyl groups is 1. The maximum atomic E-state index is 9.95. The van der Waals surface area contributed by atoms with Gasteiger partial charge in [0.25, 0.3) is 0 Å². The Labute approximate surface area is 128 Å². The largest absolute Gasteiger partial charge is 0.395 e. The second-order valence-electron chi connectivity index (χ2n) is 5.10. The van der Waals surface area contributed by atoms with E-state index in [9.17, 15) is 5.11 Å². The Hall–Kier alpha value is -1.23. The molecule has 2 rings (SSSR count). The van der Waals surface area contributed by atoms with Gasteiger partial charge in [-0.3, -0.25) is 4.98 Å². The zero-order chi connectivity index (χ0) is 14.6. The first-order valence-electron chi connectivity index (χ1n) is 6.59. The quantitative estimate of drug-likeness (QED) is 0.883. The van der Waals surface area contributed by atoms with Crippen molar-refractivity contribution < 1.29 is 5.11 Å². The monoisotopic (exact) mass is 334 g/mol. The molecule has 1 aromatic carbocycles. The van der Waals surface area contributed by atoms with Crippen molar-refractivity contribution in [2.75, 3.05) is 13.2 Å². The summed E-state index contributed by atoms with van der Waals surface area (Å²) in [7, 11) is 0. The minimum Gasteiger partial charge on any atom is -0.395 e. The number of aryl methyl sites for hydroxylation is 1. The molecule has 0 aliphatic heterocycles. The van der Waals surface area contributed by atoms with E-state index in [2.05, 4.69) is 20.9 Å². The second kappa shape index (κ2) is 6.48. The van der Waals surface area contributed by atoms with Crippen molar-refractivity contribution in [3.63, 3.8) is 0 Å². The van der Waals surface area contributed by atoms with Crippen molar-refractivity contribution in [1.82, 2.24) is 4.98 Å². The summed E-state index contributed by atoms with van der Waals surface area (Å²) in [4.78, 5) is 4.40. The number of hydrogen-bond donors (Lipinski definition) is 2. The van der Waals surface area contributed by atoms with E-state index in [1.807, 2.05) is 43.3 Å². The predicted molar refractivity (Wildman–Crippen MR) is 84.6 cm³/mol. The Balaban J connectivity index is 2.39. The van der Waals surface area contributed by atoms with E-state index in [0.29, 0.717) is 13.0 Å². The summed E-state index contributed by atoms with van der Waals surface area (Å²) in [5.41, 5.74) is 8.68. The maximum absolute atomic E-state index is 9.95. The molecule has 3 nitrogen and oxygen atoms in total. The lowest BCUT2D eigenvalue weighted by Crippen LogP contribution is -2.41. The van der Waals surface area contributed by atoms with Crippen molar-refractivity contribution in [2.24, 2.45) is 5.73 Å². The standard InChI is InChI=1S/C16H19BrN2O/c1-12-4-2-3-5-15(12)16(10-18,11-20)8-14-7-6-13(17)9-19-14/h2-7,9,20H,8,10-11,18H2,1H3. The van der Waals surface area contributed by atoms with Gasteiger partial charge in [-0.15, -0.1) is 0 Å². The maximum Gasteiger partial charge on any atom is 0.0544 e. The summed E-state index contributed by atoms with van der Waals surface area (Å²) >= 11 is 3.38. The average molecular weight is 335 g/mol. The molecule has 1 atom stereocenters. The number of rotatable bonds is 5. The lowest BCUT2D eigenvalue weighted by Gasteiger charge is -2.32. The van der Waals surface area contributed by atoms with Crippen LogP contribution in [0.4, 0.5) is 0 Å². The lowest BCUT2D eigenvalue weighted by molar-refractivity contribution is 0.194. The molecule has 0 bridgehead atoms. The van der Waals surface area contributed by atoms with E-state index in [4.69, 9.17) is 5.73 Å². The number of halogens is 1. The van der Waals surface area contributed by atoms with Gasteiger partial charge >= 0.3 is 0 Å². The van der Waals surface area contributed by atoms with Gasteiger partial charge in [0.05, 0.1) is 6.61 Å². The molecule has 3 N–H and O–H groups in total. The van der Waals surface area contributed by atoms with Gasteiger partial charge in [0.15, 0.2) is 0 Å². The molecule has 4 heteroatoms. The normalized spacial score (nSPS) is 14.0. The molecular formula is C16H19BrN2O. The fraction of sp³-hybridized carbons (Fsp3) is 0.312. The molecule has 0 radical (unpaired) electrons. The molecule has 0 fully saturated rings. The van der Waals surface area contributed by atoms with Gasteiger partial charge in [0, 0.05) is 34.7 Å². The van der Waals surface area contributed by atoms with Crippen molar-refractivity contribution >= 4 is 15.9 Å². The molecular weight excluding hydrogens is 316 g/mol. The number of aliphatic hydroxyl groups excluding tert-OH is 1. The third-order valence-corrected chi connectivity index (χ3v) is 4.19. The molecule has 0 saturated carbocycles. The second-order valence-corrected chi connectivity index (χ2v) is 6.02. The molecule has 0 aliphatic rings. The number of hydrogen-bond acceptors (Lipinski definition) is 3. The fourth-order valence-corrected chi connectivity index (χ4v) is 2.74. The summed E-state index contributed by atoms with van der Waals surface area (Å²) in [6, 6.07) is 12.0. The molecule has 106 valence electrons. The van der Waals surface area contributed by atoms with Gasteiger partial charge in [-0.25, -0.2) is 0 Å². The van der Waals surface area contributed by atoms with Crippen LogP contribution in [0.15, 0.2) is 47.1 Å². The topological polar surface area (TPSA) is 59.1 Å². The summed E-state index contributed by atoms with van der Waals surface area (Å²) in [6.07, 6.45) is 2.39. The van der Waals surface area contributed by atoms with Gasteiger partial charge in [0.2, 0.25) is 0 Å². The van der Waals surface area contributed by atoms with Gasteiger partial charge in [-0.05, 0) is 46.1 Å². The van der Waals surface area contributed by atoms with E-state index < -0.39 is 5.41 Å². The van der Waals surface area contributed by atoms with Crippen molar-refractivity contribution in [1.29, 1.82) is 0 Å². The molecule has 0 amide bonds. The van der Waals surface area contributed by atoms with Crippen LogP contribution in [-0.4, -0.2) is 23.2 Å². The Kier molecular flexibility index (Phi) is 4.91. The Morgan fingerprint density at radius 1 is 1.25 bits per heavy atom. The van der Waals surface area contributed by atoms with E-state index in [1.165, 1.54) is 0 Å². The summed E-state index contributed by atoms with van der Waals surface area (Å²) in [6.45, 7) is 2.43. The molecule has 20 heavy (non-hydrogen) atoms. The number of nitrogens with two attached hydrogens (primary N) is 1. The molecule has 0 saturated heterocycles. The van der Waals surface area contributed by atoms with Crippen LogP contribution < -0.4 is 5.73 Å². The van der Waals surface area contributed by atoms with E-state index >= 15 is 0 Å². The van der Waals surface area contributed by atoms with Crippen LogP contribution in [0.1, 0.15) is 16.8 Å². The molecule has 1 unspecified atom stereocenters. The number of aromatic nitrogens is 1. The Morgan fingerprint density at radius 2 is 2.00 bits per heavy atom. The average Bonchev–Trinajstić information content (AvgIpc) is 2.48. The highest BCUT2D eigenvalue weighted by atomic mass is 79.9. The first kappa shape index (κ1) is 15.2. The van der Waals surface area contributed by atoms with Gasteiger partial charge < -0.3 is 10.8 Å². The van der Waals surface area contributed by atoms with E-state index in [0.717, 1.165) is 21.3 Å². The zero-order valence-electron chi connectivity index (χ0n) is 11.5. The highest BCUT2D eigenvalue weighted by Crippen LogP contribution is 2.29. The van der Waals surface area contributed by atoms with Crippen LogP contribution in [0, 0.1) is 6.92 Å². The van der Waals surface area contributed by atoms with Crippen LogP contribution in [0.25, 0.3) is 0 Å². The number of benzene rings is 1. The highest BCUT2D eigenvalue weighted by Gasteiger charge is 2.32. The summed E-state index contributed by atoms with van der Waals surface area (Å²) in [5, 5.41) is 9.95. The zero-order valence-corrected chi connectivity index (χ0v) is 13.1. The fourth-order valence-electron chi connectivity index (χ4n) is 2.51. The lowest BCUT2D eigenvalue weighted by atomic mass is 9.75. The van der Waals surface area contributed by atoms with Gasteiger partial charge in [0.1, 0.15) is 0 Å². The predicted octanol–water partition coefficient (Wildman–Crippen LogP) is 2.58. The molecule has 0 aliphatic carbocycles. The summed E-state index contributed by atoms with van der Waals surface area (Å²) in [5.74, 6) is 0. The minimum absolute atomic E-state index is 0.00605. The van der Waals surface area contributed by atoms with Gasteiger partial charge in [-0.2, -0.15) is 0 Å². The smallest absolute Gasteiger partial charge is 0.0544 e. The van der Waals surface area contributed by atoms with E-state index in [-0.39, 0.29) is 6.61 Å². The van der Waals surface area contributed by atoms with Crippen LogP contribution >= 0.6 is 15.9 Å². The van der Waals surface area contributed by atoms with Crippen LogP contribution in [0.3, 0.4) is 0 Å². The van der Waals surface area contributed by atoms with Crippen molar-refractivity contribution in [3.05, 3.63) is 63.9 Å². The third-order valence-electron chi connectivity index (χ3n) is 3.72. The molecule has 1 aromatic heterocycles. The molecule has 1 heterocycles. The van der Waals surface area contributed by atoms with Crippen LogP contribution in [0.5, 0.6) is 0 Å². The number of nitrogens with zero attached hydrogens (tertiary/aromatic N) is 1. The Morgan fingerprint density at radius 3 is 2.55 bits per heavy atom. The van der Waals surface area contributed by atoms with Gasteiger partial charge in [-0.1, -0.05) is 24.3 Å². The van der Waals surface area contributed by atoms with Crippen LogP contribution in [-0.2, 0) is 11.8 Å². The highest BCUT2D eigenvalue weighted by molar-refractivity contribution is 9.10. The summed E-state index contributed by atoms with van der Waals surface area (Å²) < 4.78 is 0.944. The number of pyridine rings is 1. The van der Waals surface area contributed by atoms with E-state index in [1.54, 1.807) is 6.20 Å². The molecule has 2 aromatic rings. The van der Waals surface area contributed by atoms with Crippen molar-refractivity contribution in [2.45, 2.75) is 18.8 Å². The SMILES string of the molecule is Cc1ccccc1C(CN)(CO)Cc1ccc(Br)cn1.